The molecule has 0 aliphatic rings. The highest BCUT2D eigenvalue weighted by Crippen LogP contribution is 2.24. The van der Waals surface area contributed by atoms with Crippen LogP contribution in [-0.4, -0.2) is 17.7 Å². The molecule has 1 amide bonds. The maximum absolute atomic E-state index is 12.1. The number of aryl methyl sites for hydroxylation is 2. The molecule has 2 aromatic carbocycles. The van der Waals surface area contributed by atoms with E-state index in [1.54, 1.807) is 11.8 Å². The van der Waals surface area contributed by atoms with Crippen molar-refractivity contribution >= 4 is 29.3 Å². The summed E-state index contributed by atoms with van der Waals surface area (Å²) in [6.45, 7) is 4.72. The van der Waals surface area contributed by atoms with E-state index in [0.29, 0.717) is 11.6 Å². The fraction of sp³-hybridized carbons (Fsp3) is 0.316. The minimum Gasteiger partial charge on any atom is -0.355 e. The Labute approximate surface area is 147 Å². The molecule has 0 fully saturated rings. The molecule has 0 aliphatic carbocycles. The van der Waals surface area contributed by atoms with Crippen molar-refractivity contribution in [2.45, 2.75) is 36.8 Å². The van der Waals surface area contributed by atoms with Crippen molar-refractivity contribution < 1.29 is 4.79 Å². The minimum absolute atomic E-state index is 0.0776. The van der Waals surface area contributed by atoms with Crippen LogP contribution in [0, 0.1) is 6.92 Å². The summed E-state index contributed by atoms with van der Waals surface area (Å²) in [6.07, 6.45) is 1.94. The lowest BCUT2D eigenvalue weighted by Crippen LogP contribution is -2.31. The first-order valence-corrected chi connectivity index (χ1v) is 9.06. The molecule has 0 bridgehead atoms. The Hall–Kier alpha value is -1.45. The Balaban J connectivity index is 1.69. The van der Waals surface area contributed by atoms with Gasteiger partial charge in [-0.1, -0.05) is 41.4 Å². The van der Waals surface area contributed by atoms with Gasteiger partial charge in [0.1, 0.15) is 0 Å². The van der Waals surface area contributed by atoms with Crippen LogP contribution in [0.2, 0.25) is 5.02 Å². The second-order valence-corrected chi connectivity index (χ2v) is 7.44. The van der Waals surface area contributed by atoms with Crippen molar-refractivity contribution in [3.05, 3.63) is 64.7 Å². The van der Waals surface area contributed by atoms with Crippen LogP contribution in [0.15, 0.2) is 53.4 Å². The molecule has 2 nitrogen and oxygen atoms in total. The first-order valence-electron chi connectivity index (χ1n) is 7.80. The van der Waals surface area contributed by atoms with Gasteiger partial charge in [0.15, 0.2) is 0 Å². The minimum atomic E-state index is -0.115. The van der Waals surface area contributed by atoms with Gasteiger partial charge in [-0.05, 0) is 56.5 Å². The normalized spacial score (nSPS) is 12.0. The molecular weight excluding hydrogens is 326 g/mol. The number of carbonyl (C=O) groups excluding carboxylic acids is 1. The zero-order chi connectivity index (χ0) is 16.7. The fourth-order valence-corrected chi connectivity index (χ4v) is 3.19. The second kappa shape index (κ2) is 8.99. The molecule has 0 unspecified atom stereocenters. The summed E-state index contributed by atoms with van der Waals surface area (Å²) >= 11 is 7.41. The molecular formula is C19H22ClNOS. The van der Waals surface area contributed by atoms with Gasteiger partial charge in [-0.2, -0.15) is 0 Å². The summed E-state index contributed by atoms with van der Waals surface area (Å²) in [7, 11) is 0. The Morgan fingerprint density at radius 3 is 2.43 bits per heavy atom. The number of nitrogens with one attached hydrogen (secondary N) is 1. The largest absolute Gasteiger partial charge is 0.355 e. The van der Waals surface area contributed by atoms with E-state index < -0.39 is 0 Å². The average molecular weight is 348 g/mol. The van der Waals surface area contributed by atoms with Crippen molar-refractivity contribution in [1.82, 2.24) is 5.32 Å². The molecule has 1 atom stereocenters. The standard InChI is InChI=1S/C19H22ClNOS/c1-14-5-7-16(8-6-14)4-3-13-21-19(22)15(2)23-18-11-9-17(20)10-12-18/h5-12,15H,3-4,13H2,1-2H3,(H,21,22)/t15-/m1/s1. The smallest absolute Gasteiger partial charge is 0.233 e. The van der Waals surface area contributed by atoms with Crippen LogP contribution in [0.4, 0.5) is 0 Å². The number of amides is 1. The quantitative estimate of drug-likeness (QED) is 0.571. The van der Waals surface area contributed by atoms with Crippen LogP contribution in [-0.2, 0) is 11.2 Å². The van der Waals surface area contributed by atoms with Gasteiger partial charge in [-0.15, -0.1) is 11.8 Å². The predicted molar refractivity (Wildman–Crippen MR) is 99.3 cm³/mol. The maximum Gasteiger partial charge on any atom is 0.233 e. The first kappa shape index (κ1) is 17.9. The van der Waals surface area contributed by atoms with Crippen LogP contribution < -0.4 is 5.32 Å². The van der Waals surface area contributed by atoms with E-state index >= 15 is 0 Å². The summed E-state index contributed by atoms with van der Waals surface area (Å²) in [6, 6.07) is 16.1. The Morgan fingerprint density at radius 2 is 1.78 bits per heavy atom. The van der Waals surface area contributed by atoms with E-state index in [-0.39, 0.29) is 11.2 Å². The number of rotatable bonds is 7. The summed E-state index contributed by atoms with van der Waals surface area (Å²) in [5.74, 6) is 0.0776. The van der Waals surface area contributed by atoms with Gasteiger partial charge in [-0.3, -0.25) is 4.79 Å². The lowest BCUT2D eigenvalue weighted by atomic mass is 10.1. The average Bonchev–Trinajstić information content (AvgIpc) is 2.55. The Bertz CT molecular complexity index is 625. The number of carbonyl (C=O) groups is 1. The molecule has 0 aromatic heterocycles. The summed E-state index contributed by atoms with van der Waals surface area (Å²) in [5, 5.41) is 3.61. The van der Waals surface area contributed by atoms with Crippen molar-refractivity contribution in [1.29, 1.82) is 0 Å². The molecule has 0 aliphatic heterocycles. The topological polar surface area (TPSA) is 29.1 Å². The van der Waals surface area contributed by atoms with Gasteiger partial charge in [-0.25, -0.2) is 0 Å². The van der Waals surface area contributed by atoms with Crippen molar-refractivity contribution in [3.8, 4) is 0 Å². The SMILES string of the molecule is Cc1ccc(CCCNC(=O)[C@@H](C)Sc2ccc(Cl)cc2)cc1. The van der Waals surface area contributed by atoms with Gasteiger partial charge < -0.3 is 5.32 Å². The van der Waals surface area contributed by atoms with Gasteiger partial charge in [0, 0.05) is 16.5 Å². The van der Waals surface area contributed by atoms with Crippen molar-refractivity contribution in [2.75, 3.05) is 6.54 Å². The third-order valence-corrected chi connectivity index (χ3v) is 4.92. The number of hydrogen-bond acceptors (Lipinski definition) is 2. The maximum atomic E-state index is 12.1. The molecule has 0 saturated carbocycles. The lowest BCUT2D eigenvalue weighted by molar-refractivity contribution is -0.120. The fourth-order valence-electron chi connectivity index (χ4n) is 2.17. The van der Waals surface area contributed by atoms with E-state index in [1.807, 2.05) is 31.2 Å². The summed E-state index contributed by atoms with van der Waals surface area (Å²) in [5.41, 5.74) is 2.59. The zero-order valence-electron chi connectivity index (χ0n) is 13.5. The second-order valence-electron chi connectivity index (χ2n) is 5.59. The van der Waals surface area contributed by atoms with Gasteiger partial charge in [0.05, 0.1) is 5.25 Å². The Kier molecular flexibility index (Phi) is 7.00. The first-order chi connectivity index (χ1) is 11.0. The molecule has 0 heterocycles. The molecule has 0 radical (unpaired) electrons. The van der Waals surface area contributed by atoms with Crippen molar-refractivity contribution in [2.24, 2.45) is 0 Å². The Morgan fingerprint density at radius 1 is 1.13 bits per heavy atom. The molecule has 1 N–H and O–H groups in total. The molecule has 0 spiro atoms. The van der Waals surface area contributed by atoms with Crippen LogP contribution in [0.3, 0.4) is 0 Å². The number of benzene rings is 2. The van der Waals surface area contributed by atoms with Gasteiger partial charge >= 0.3 is 0 Å². The van der Waals surface area contributed by atoms with Crippen molar-refractivity contribution in [3.63, 3.8) is 0 Å². The zero-order valence-corrected chi connectivity index (χ0v) is 15.1. The lowest BCUT2D eigenvalue weighted by Gasteiger charge is -2.12. The van der Waals surface area contributed by atoms with Crippen LogP contribution in [0.5, 0.6) is 0 Å². The number of halogens is 1. The van der Waals surface area contributed by atoms with Crippen LogP contribution in [0.25, 0.3) is 0 Å². The van der Waals surface area contributed by atoms with Gasteiger partial charge in [0.25, 0.3) is 0 Å². The van der Waals surface area contributed by atoms with E-state index in [4.69, 9.17) is 11.6 Å². The third-order valence-electron chi connectivity index (χ3n) is 3.56. The molecule has 4 heteroatoms. The highest BCUT2D eigenvalue weighted by atomic mass is 35.5. The monoisotopic (exact) mass is 347 g/mol. The molecule has 23 heavy (non-hydrogen) atoms. The molecule has 2 rings (SSSR count). The van der Waals surface area contributed by atoms with Gasteiger partial charge in [0.2, 0.25) is 5.91 Å². The van der Waals surface area contributed by atoms with E-state index in [9.17, 15) is 4.79 Å². The highest BCUT2D eigenvalue weighted by Gasteiger charge is 2.13. The predicted octanol–water partition coefficient (Wildman–Crippen LogP) is 4.88. The third kappa shape index (κ3) is 6.28. The van der Waals surface area contributed by atoms with E-state index in [0.717, 1.165) is 17.7 Å². The van der Waals surface area contributed by atoms with Crippen LogP contribution in [0.1, 0.15) is 24.5 Å². The molecule has 122 valence electrons. The number of thioether (sulfide) groups is 1. The highest BCUT2D eigenvalue weighted by molar-refractivity contribution is 8.00. The molecule has 0 saturated heterocycles. The summed E-state index contributed by atoms with van der Waals surface area (Å²) < 4.78 is 0. The van der Waals surface area contributed by atoms with E-state index in [1.165, 1.54) is 11.1 Å². The molecule has 2 aromatic rings. The number of hydrogen-bond donors (Lipinski definition) is 1. The van der Waals surface area contributed by atoms with E-state index in [2.05, 4.69) is 36.5 Å². The van der Waals surface area contributed by atoms with Crippen LogP contribution >= 0.6 is 23.4 Å². The summed E-state index contributed by atoms with van der Waals surface area (Å²) in [4.78, 5) is 13.2.